The molecular formula is C34H28N2O2. The molecule has 1 aliphatic rings. The van der Waals surface area contributed by atoms with Gasteiger partial charge in [-0.05, 0) is 40.5 Å². The van der Waals surface area contributed by atoms with Crippen molar-refractivity contribution in [3.8, 4) is 5.75 Å². The summed E-state index contributed by atoms with van der Waals surface area (Å²) in [5, 5.41) is 0. The van der Waals surface area contributed by atoms with Gasteiger partial charge in [0.2, 0.25) is 0 Å². The largest absolute Gasteiger partial charge is 0.497 e. The highest BCUT2D eigenvalue weighted by Gasteiger charge is 2.57. The van der Waals surface area contributed by atoms with Crippen LogP contribution in [0.2, 0.25) is 0 Å². The molecule has 1 heterocycles. The highest BCUT2D eigenvalue weighted by atomic mass is 16.5. The second-order valence-electron chi connectivity index (χ2n) is 9.50. The Bertz CT molecular complexity index is 1470. The maximum Gasteiger partial charge on any atom is 0.257 e. The molecule has 5 aromatic carbocycles. The average molecular weight is 497 g/mol. The number of methoxy groups -OCH3 is 1. The third-order valence-corrected chi connectivity index (χ3v) is 7.57. The monoisotopic (exact) mass is 496 g/mol. The fourth-order valence-electron chi connectivity index (χ4n) is 5.79. The number of carbonyl (C=O) groups excluding carboxylic acids is 1. The standard InChI is InChI=1S/C34H28N2O2/c1-38-29-23-21-25(22-24-29)33(35)30-19-11-12-20-31(30)36(32(33)37)34(26-13-5-2-6-14-26,27-15-7-3-8-16-27)28-17-9-4-10-18-28/h2-24H,35H2,1H3/t33-/m1/s1. The Balaban J connectivity index is 1.70. The quantitative estimate of drug-likeness (QED) is 0.283. The Morgan fingerprint density at radius 1 is 0.632 bits per heavy atom. The molecule has 1 aliphatic heterocycles. The zero-order valence-electron chi connectivity index (χ0n) is 21.1. The SMILES string of the molecule is COc1ccc([C@]2(N)C(=O)N(C(c3ccccc3)(c3ccccc3)c3ccccc3)c3ccccc32)cc1. The van der Waals surface area contributed by atoms with Gasteiger partial charge in [-0.2, -0.15) is 0 Å². The van der Waals surface area contributed by atoms with E-state index in [1.54, 1.807) is 7.11 Å². The predicted molar refractivity (Wildman–Crippen MR) is 151 cm³/mol. The first-order valence-electron chi connectivity index (χ1n) is 12.7. The minimum atomic E-state index is -1.38. The van der Waals surface area contributed by atoms with E-state index < -0.39 is 11.1 Å². The molecule has 1 amide bonds. The second-order valence-corrected chi connectivity index (χ2v) is 9.50. The van der Waals surface area contributed by atoms with Crippen LogP contribution in [0, 0.1) is 0 Å². The third-order valence-electron chi connectivity index (χ3n) is 7.57. The summed E-state index contributed by atoms with van der Waals surface area (Å²) in [5.41, 5.74) is 10.0. The number of para-hydroxylation sites is 1. The number of carbonyl (C=O) groups is 1. The first-order valence-corrected chi connectivity index (χ1v) is 12.7. The average Bonchev–Trinajstić information content (AvgIpc) is 3.23. The number of anilines is 1. The van der Waals surface area contributed by atoms with Crippen LogP contribution in [0.5, 0.6) is 5.75 Å². The van der Waals surface area contributed by atoms with Gasteiger partial charge in [-0.15, -0.1) is 0 Å². The maximum absolute atomic E-state index is 15.0. The predicted octanol–water partition coefficient (Wildman–Crippen LogP) is 6.24. The Morgan fingerprint density at radius 3 is 1.55 bits per heavy atom. The molecule has 0 aliphatic carbocycles. The lowest BCUT2D eigenvalue weighted by Crippen LogP contribution is -2.56. The lowest BCUT2D eigenvalue weighted by Gasteiger charge is -2.44. The van der Waals surface area contributed by atoms with Crippen molar-refractivity contribution in [2.24, 2.45) is 5.73 Å². The second kappa shape index (κ2) is 9.33. The van der Waals surface area contributed by atoms with Gasteiger partial charge >= 0.3 is 0 Å². The molecule has 0 bridgehead atoms. The van der Waals surface area contributed by atoms with Gasteiger partial charge in [0.25, 0.3) is 5.91 Å². The smallest absolute Gasteiger partial charge is 0.257 e. The van der Waals surface area contributed by atoms with Gasteiger partial charge in [0.15, 0.2) is 0 Å². The van der Waals surface area contributed by atoms with E-state index in [0.717, 1.165) is 27.9 Å². The number of hydrogen-bond acceptors (Lipinski definition) is 3. The molecule has 0 spiro atoms. The van der Waals surface area contributed by atoms with Crippen molar-refractivity contribution in [1.82, 2.24) is 0 Å². The Kier molecular flexibility index (Phi) is 5.82. The van der Waals surface area contributed by atoms with E-state index in [0.29, 0.717) is 11.3 Å². The molecule has 4 nitrogen and oxygen atoms in total. The van der Waals surface area contributed by atoms with Crippen LogP contribution in [0.3, 0.4) is 0 Å². The maximum atomic E-state index is 15.0. The highest BCUT2D eigenvalue weighted by Crippen LogP contribution is 2.53. The molecule has 6 rings (SSSR count). The van der Waals surface area contributed by atoms with E-state index in [1.165, 1.54) is 0 Å². The number of benzene rings is 5. The summed E-state index contributed by atoms with van der Waals surface area (Å²) in [7, 11) is 1.62. The molecule has 186 valence electrons. The van der Waals surface area contributed by atoms with Crippen LogP contribution >= 0.6 is 0 Å². The molecule has 0 saturated carbocycles. The lowest BCUT2D eigenvalue weighted by molar-refractivity contribution is -0.122. The summed E-state index contributed by atoms with van der Waals surface area (Å²) in [4.78, 5) is 16.9. The summed E-state index contributed by atoms with van der Waals surface area (Å²) >= 11 is 0. The summed E-state index contributed by atoms with van der Waals surface area (Å²) in [6.45, 7) is 0. The first-order chi connectivity index (χ1) is 18.6. The van der Waals surface area contributed by atoms with Crippen molar-refractivity contribution in [3.05, 3.63) is 167 Å². The summed E-state index contributed by atoms with van der Waals surface area (Å²) in [6.07, 6.45) is 0. The lowest BCUT2D eigenvalue weighted by atomic mass is 9.75. The van der Waals surface area contributed by atoms with E-state index in [-0.39, 0.29) is 5.91 Å². The van der Waals surface area contributed by atoms with E-state index in [2.05, 4.69) is 36.4 Å². The van der Waals surface area contributed by atoms with Crippen molar-refractivity contribution in [3.63, 3.8) is 0 Å². The molecule has 38 heavy (non-hydrogen) atoms. The zero-order valence-corrected chi connectivity index (χ0v) is 21.1. The van der Waals surface area contributed by atoms with E-state index in [9.17, 15) is 4.79 Å². The van der Waals surface area contributed by atoms with Crippen LogP contribution in [0.1, 0.15) is 27.8 Å². The molecule has 0 unspecified atom stereocenters. The molecule has 5 aromatic rings. The van der Waals surface area contributed by atoms with Gasteiger partial charge < -0.3 is 10.5 Å². The number of rotatable bonds is 6. The normalized spacial score (nSPS) is 16.8. The summed E-state index contributed by atoms with van der Waals surface area (Å²) in [5.74, 6) is 0.514. The van der Waals surface area contributed by atoms with E-state index >= 15 is 0 Å². The van der Waals surface area contributed by atoms with Crippen LogP contribution in [0.25, 0.3) is 0 Å². The molecular weight excluding hydrogens is 468 g/mol. The van der Waals surface area contributed by atoms with E-state index in [4.69, 9.17) is 10.5 Å². The number of amides is 1. The van der Waals surface area contributed by atoms with Gasteiger partial charge in [0.05, 0.1) is 12.8 Å². The Morgan fingerprint density at radius 2 is 1.08 bits per heavy atom. The van der Waals surface area contributed by atoms with Crippen LogP contribution in [0.15, 0.2) is 140 Å². The fraction of sp³-hybridized carbons (Fsp3) is 0.0882. The number of ether oxygens (including phenoxy) is 1. The van der Waals surface area contributed by atoms with Gasteiger partial charge in [0, 0.05) is 5.56 Å². The summed E-state index contributed by atoms with van der Waals surface area (Å²) in [6, 6.07) is 45.9. The minimum Gasteiger partial charge on any atom is -0.497 e. The molecule has 0 radical (unpaired) electrons. The third kappa shape index (κ3) is 3.38. The topological polar surface area (TPSA) is 55.6 Å². The van der Waals surface area contributed by atoms with Crippen molar-refractivity contribution in [2.45, 2.75) is 11.1 Å². The van der Waals surface area contributed by atoms with Gasteiger partial charge in [-0.3, -0.25) is 9.69 Å². The number of fused-ring (bicyclic) bond motifs is 1. The molecule has 0 aromatic heterocycles. The number of nitrogens with two attached hydrogens (primary N) is 1. The van der Waals surface area contributed by atoms with Crippen molar-refractivity contribution < 1.29 is 9.53 Å². The van der Waals surface area contributed by atoms with Gasteiger partial charge in [-0.1, -0.05) is 121 Å². The molecule has 0 saturated heterocycles. The molecule has 4 heteroatoms. The molecule has 1 atom stereocenters. The minimum absolute atomic E-state index is 0.194. The van der Waals surface area contributed by atoms with Crippen LogP contribution in [-0.4, -0.2) is 13.0 Å². The Hall–Kier alpha value is -4.67. The number of nitrogens with zero attached hydrogens (tertiary/aromatic N) is 1. The highest BCUT2D eigenvalue weighted by molar-refractivity contribution is 6.12. The van der Waals surface area contributed by atoms with Gasteiger partial charge in [0.1, 0.15) is 16.8 Å². The van der Waals surface area contributed by atoms with Crippen LogP contribution in [0.4, 0.5) is 5.69 Å². The van der Waals surface area contributed by atoms with E-state index in [1.807, 2.05) is 108 Å². The zero-order chi connectivity index (χ0) is 26.2. The first kappa shape index (κ1) is 23.7. The van der Waals surface area contributed by atoms with Crippen molar-refractivity contribution in [2.75, 3.05) is 12.0 Å². The summed E-state index contributed by atoms with van der Waals surface area (Å²) < 4.78 is 5.37. The number of hydrogen-bond donors (Lipinski definition) is 1. The Labute approximate surface area is 222 Å². The van der Waals surface area contributed by atoms with Gasteiger partial charge in [-0.25, -0.2) is 0 Å². The van der Waals surface area contributed by atoms with Crippen molar-refractivity contribution >= 4 is 11.6 Å². The van der Waals surface area contributed by atoms with Crippen LogP contribution in [-0.2, 0) is 15.9 Å². The molecule has 2 N–H and O–H groups in total. The fourth-order valence-corrected chi connectivity index (χ4v) is 5.79. The molecule has 0 fully saturated rings. The van der Waals surface area contributed by atoms with Crippen LogP contribution < -0.4 is 15.4 Å². The van der Waals surface area contributed by atoms with Crippen molar-refractivity contribution in [1.29, 1.82) is 0 Å².